The molecule has 3 heteroatoms. The highest BCUT2D eigenvalue weighted by Crippen LogP contribution is 2.19. The van der Waals surface area contributed by atoms with Crippen LogP contribution in [0.3, 0.4) is 0 Å². The van der Waals surface area contributed by atoms with Gasteiger partial charge in [-0.15, -0.1) is 0 Å². The maximum absolute atomic E-state index is 5.86. The molecule has 0 amide bonds. The molecule has 1 atom stereocenters. The number of aryl methyl sites for hydroxylation is 1. The second-order valence-electron chi connectivity index (χ2n) is 7.30. The van der Waals surface area contributed by atoms with Crippen LogP contribution in [-0.2, 0) is 13.0 Å². The number of hydrogen-bond acceptors (Lipinski definition) is 3. The van der Waals surface area contributed by atoms with Crippen LogP contribution in [0.25, 0.3) is 0 Å². The van der Waals surface area contributed by atoms with Gasteiger partial charge in [0.05, 0.1) is 12.7 Å². The first-order valence-corrected chi connectivity index (χ1v) is 10.5. The molecule has 0 saturated heterocycles. The van der Waals surface area contributed by atoms with Crippen LogP contribution in [-0.4, -0.2) is 12.7 Å². The third-order valence-electron chi connectivity index (χ3n) is 4.91. The summed E-state index contributed by atoms with van der Waals surface area (Å²) in [4.78, 5) is 0. The molecule has 1 unspecified atom stereocenters. The van der Waals surface area contributed by atoms with E-state index in [4.69, 9.17) is 9.47 Å². The summed E-state index contributed by atoms with van der Waals surface area (Å²) >= 11 is 0. The van der Waals surface area contributed by atoms with Gasteiger partial charge in [-0.25, -0.2) is 0 Å². The van der Waals surface area contributed by atoms with E-state index in [1.54, 1.807) is 0 Å². The summed E-state index contributed by atoms with van der Waals surface area (Å²) in [5, 5.41) is 3.45. The Morgan fingerprint density at radius 1 is 0.793 bits per heavy atom. The largest absolute Gasteiger partial charge is 0.494 e. The van der Waals surface area contributed by atoms with Crippen molar-refractivity contribution in [1.29, 1.82) is 0 Å². The minimum atomic E-state index is 0.248. The van der Waals surface area contributed by atoms with Crippen molar-refractivity contribution in [2.45, 2.75) is 45.8 Å². The van der Waals surface area contributed by atoms with Crippen molar-refractivity contribution < 1.29 is 9.47 Å². The van der Waals surface area contributed by atoms with Crippen LogP contribution in [0.1, 0.15) is 37.8 Å². The fourth-order valence-corrected chi connectivity index (χ4v) is 2.99. The molecule has 3 rings (SSSR count). The number of ether oxygens (including phenoxy) is 2. The predicted octanol–water partition coefficient (Wildman–Crippen LogP) is 6.49. The number of hydrogen-bond donors (Lipinski definition) is 1. The van der Waals surface area contributed by atoms with Crippen molar-refractivity contribution in [2.24, 2.45) is 0 Å². The third-order valence-corrected chi connectivity index (χ3v) is 4.91. The molecule has 3 nitrogen and oxygen atoms in total. The van der Waals surface area contributed by atoms with Crippen molar-refractivity contribution in [2.75, 3.05) is 11.9 Å². The first-order chi connectivity index (χ1) is 14.2. The smallest absolute Gasteiger partial charge is 0.119 e. The van der Waals surface area contributed by atoms with E-state index >= 15 is 0 Å². The van der Waals surface area contributed by atoms with E-state index < -0.39 is 0 Å². The highest BCUT2D eigenvalue weighted by atomic mass is 16.5. The van der Waals surface area contributed by atoms with Gasteiger partial charge in [0.15, 0.2) is 0 Å². The summed E-state index contributed by atoms with van der Waals surface area (Å²) in [7, 11) is 0. The number of anilines is 1. The highest BCUT2D eigenvalue weighted by Gasteiger charge is 2.02. The van der Waals surface area contributed by atoms with Gasteiger partial charge in [0, 0.05) is 12.2 Å². The Balaban J connectivity index is 1.38. The first kappa shape index (κ1) is 20.8. The zero-order valence-corrected chi connectivity index (χ0v) is 17.4. The third kappa shape index (κ3) is 7.19. The molecule has 0 bridgehead atoms. The molecular formula is C26H31NO2. The molecular weight excluding hydrogens is 358 g/mol. The summed E-state index contributed by atoms with van der Waals surface area (Å²) < 4.78 is 11.7. The molecule has 0 heterocycles. The van der Waals surface area contributed by atoms with Crippen molar-refractivity contribution in [3.8, 4) is 11.5 Å². The van der Waals surface area contributed by atoms with Crippen LogP contribution in [0.2, 0.25) is 0 Å². The van der Waals surface area contributed by atoms with Gasteiger partial charge in [-0.1, -0.05) is 49.4 Å². The Labute approximate surface area is 174 Å². The van der Waals surface area contributed by atoms with E-state index in [2.05, 4.69) is 67.7 Å². The molecule has 0 radical (unpaired) electrons. The van der Waals surface area contributed by atoms with Gasteiger partial charge < -0.3 is 14.8 Å². The van der Waals surface area contributed by atoms with Crippen LogP contribution >= 0.6 is 0 Å². The van der Waals surface area contributed by atoms with E-state index in [0.717, 1.165) is 49.6 Å². The molecule has 29 heavy (non-hydrogen) atoms. The van der Waals surface area contributed by atoms with E-state index in [1.165, 1.54) is 11.1 Å². The SMILES string of the molecule is CCC(C)Oc1ccc(CNc2ccc(OCCCc3ccccc3)cc2)cc1. The Kier molecular flexibility index (Phi) is 8.00. The second kappa shape index (κ2) is 11.2. The average Bonchev–Trinajstić information content (AvgIpc) is 2.77. The molecule has 0 aliphatic rings. The van der Waals surface area contributed by atoms with Crippen molar-refractivity contribution in [3.63, 3.8) is 0 Å². The van der Waals surface area contributed by atoms with Gasteiger partial charge in [0.25, 0.3) is 0 Å². The lowest BCUT2D eigenvalue weighted by molar-refractivity contribution is 0.217. The fraction of sp³-hybridized carbons (Fsp3) is 0.308. The quantitative estimate of drug-likeness (QED) is 0.380. The Morgan fingerprint density at radius 2 is 1.48 bits per heavy atom. The minimum absolute atomic E-state index is 0.248. The molecule has 152 valence electrons. The molecule has 0 fully saturated rings. The minimum Gasteiger partial charge on any atom is -0.494 e. The van der Waals surface area contributed by atoms with E-state index in [1.807, 2.05) is 30.3 Å². The van der Waals surface area contributed by atoms with Gasteiger partial charge in [-0.2, -0.15) is 0 Å². The fourth-order valence-electron chi connectivity index (χ4n) is 2.99. The monoisotopic (exact) mass is 389 g/mol. The zero-order chi connectivity index (χ0) is 20.3. The lowest BCUT2D eigenvalue weighted by Crippen LogP contribution is -2.09. The van der Waals surface area contributed by atoms with E-state index in [0.29, 0.717) is 0 Å². The number of rotatable bonds is 11. The average molecular weight is 390 g/mol. The molecule has 3 aromatic rings. The van der Waals surface area contributed by atoms with Crippen molar-refractivity contribution >= 4 is 5.69 Å². The highest BCUT2D eigenvalue weighted by molar-refractivity contribution is 5.47. The molecule has 0 aliphatic heterocycles. The Morgan fingerprint density at radius 3 is 2.17 bits per heavy atom. The lowest BCUT2D eigenvalue weighted by Gasteiger charge is -2.13. The predicted molar refractivity (Wildman–Crippen MR) is 121 cm³/mol. The number of nitrogens with one attached hydrogen (secondary N) is 1. The molecule has 0 spiro atoms. The second-order valence-corrected chi connectivity index (χ2v) is 7.30. The molecule has 0 aromatic heterocycles. The van der Waals surface area contributed by atoms with E-state index in [-0.39, 0.29) is 6.10 Å². The summed E-state index contributed by atoms with van der Waals surface area (Å²) in [5.41, 5.74) is 3.67. The molecule has 3 aromatic carbocycles. The standard InChI is InChI=1S/C26H31NO2/c1-3-21(2)29-26-15-11-23(12-16-26)20-27-24-13-17-25(18-14-24)28-19-7-10-22-8-5-4-6-9-22/h4-6,8-9,11-18,21,27H,3,7,10,19-20H2,1-2H3. The Hall–Kier alpha value is -2.94. The van der Waals surface area contributed by atoms with Gasteiger partial charge in [0.2, 0.25) is 0 Å². The normalized spacial score (nSPS) is 11.7. The molecule has 0 aliphatic carbocycles. The van der Waals surface area contributed by atoms with Crippen LogP contribution in [0.4, 0.5) is 5.69 Å². The maximum Gasteiger partial charge on any atom is 0.119 e. The van der Waals surface area contributed by atoms with Crippen LogP contribution in [0.5, 0.6) is 11.5 Å². The molecule has 0 saturated carbocycles. The maximum atomic E-state index is 5.86. The lowest BCUT2D eigenvalue weighted by atomic mass is 10.1. The van der Waals surface area contributed by atoms with Gasteiger partial charge >= 0.3 is 0 Å². The summed E-state index contributed by atoms with van der Waals surface area (Å²) in [6.45, 7) is 5.73. The zero-order valence-electron chi connectivity index (χ0n) is 17.4. The van der Waals surface area contributed by atoms with Crippen molar-refractivity contribution in [1.82, 2.24) is 0 Å². The summed E-state index contributed by atoms with van der Waals surface area (Å²) in [6.07, 6.45) is 3.32. The summed E-state index contributed by atoms with van der Waals surface area (Å²) in [5.74, 6) is 1.84. The number of benzene rings is 3. The van der Waals surface area contributed by atoms with Crippen LogP contribution in [0, 0.1) is 0 Å². The van der Waals surface area contributed by atoms with E-state index in [9.17, 15) is 0 Å². The summed E-state index contributed by atoms with van der Waals surface area (Å²) in [6, 6.07) is 27.0. The van der Waals surface area contributed by atoms with Gasteiger partial charge in [0.1, 0.15) is 11.5 Å². The van der Waals surface area contributed by atoms with Gasteiger partial charge in [-0.05, 0) is 73.7 Å². The van der Waals surface area contributed by atoms with Crippen LogP contribution < -0.4 is 14.8 Å². The van der Waals surface area contributed by atoms with Crippen LogP contribution in [0.15, 0.2) is 78.9 Å². The topological polar surface area (TPSA) is 30.5 Å². The molecule has 1 N–H and O–H groups in total. The van der Waals surface area contributed by atoms with Gasteiger partial charge in [-0.3, -0.25) is 0 Å². The Bertz CT molecular complexity index is 829. The first-order valence-electron chi connectivity index (χ1n) is 10.5. The van der Waals surface area contributed by atoms with Crippen molar-refractivity contribution in [3.05, 3.63) is 90.0 Å².